The van der Waals surface area contributed by atoms with Gasteiger partial charge in [-0.3, -0.25) is 0 Å². The molecule has 1 heterocycles. The van der Waals surface area contributed by atoms with Crippen LogP contribution in [0.25, 0.3) is 33.3 Å². The number of aromatic nitrogens is 1. The Balaban J connectivity index is 1.67. The number of pyridine rings is 1. The molecule has 2 nitrogen and oxygen atoms in total. The van der Waals surface area contributed by atoms with Crippen molar-refractivity contribution in [3.05, 3.63) is 83.9 Å². The van der Waals surface area contributed by atoms with Crippen LogP contribution in [0.4, 0.5) is 8.78 Å². The maximum absolute atomic E-state index is 14.9. The quantitative estimate of drug-likeness (QED) is 0.369. The van der Waals surface area contributed by atoms with E-state index in [2.05, 4.69) is 11.9 Å². The van der Waals surface area contributed by atoms with E-state index in [0.29, 0.717) is 28.9 Å². The van der Waals surface area contributed by atoms with Crippen molar-refractivity contribution in [1.82, 2.24) is 4.98 Å². The van der Waals surface area contributed by atoms with E-state index in [1.54, 1.807) is 12.1 Å². The Morgan fingerprint density at radius 1 is 0.862 bits per heavy atom. The number of fused-ring (bicyclic) bond motifs is 1. The molecule has 0 radical (unpaired) electrons. The number of hydrogen-bond donors (Lipinski definition) is 0. The number of hydrogen-bond acceptors (Lipinski definition) is 2. The summed E-state index contributed by atoms with van der Waals surface area (Å²) in [6.07, 6.45) is 0.940. The van der Waals surface area contributed by atoms with Gasteiger partial charge in [0.1, 0.15) is 17.4 Å². The summed E-state index contributed by atoms with van der Waals surface area (Å²) in [5.74, 6) is 0.167. The first-order chi connectivity index (χ1) is 14.0. The molecule has 0 aliphatic heterocycles. The van der Waals surface area contributed by atoms with E-state index in [-0.39, 0.29) is 11.6 Å². The van der Waals surface area contributed by atoms with Gasteiger partial charge in [0, 0.05) is 16.5 Å². The zero-order valence-corrected chi connectivity index (χ0v) is 16.4. The molecular formula is C25H21F2NO. The van der Waals surface area contributed by atoms with E-state index in [1.807, 2.05) is 43.3 Å². The Morgan fingerprint density at radius 3 is 2.34 bits per heavy atom. The van der Waals surface area contributed by atoms with Crippen LogP contribution in [0.1, 0.15) is 18.9 Å². The van der Waals surface area contributed by atoms with Crippen molar-refractivity contribution in [2.45, 2.75) is 20.3 Å². The number of ether oxygens (including phenoxy) is 1. The Kier molecular flexibility index (Phi) is 5.26. The average Bonchev–Trinajstić information content (AvgIpc) is 2.73. The van der Waals surface area contributed by atoms with Gasteiger partial charge >= 0.3 is 0 Å². The molecule has 0 N–H and O–H groups in total. The largest absolute Gasteiger partial charge is 0.494 e. The molecule has 0 saturated carbocycles. The SMILES string of the molecule is CCCOc1ccc(-c2ccc(-c3cc(C)c4cc(F)ccc4n3)cc2F)cc1. The summed E-state index contributed by atoms with van der Waals surface area (Å²) in [6, 6.07) is 18.9. The maximum Gasteiger partial charge on any atom is 0.131 e. The second kappa shape index (κ2) is 8.00. The van der Waals surface area contributed by atoms with E-state index >= 15 is 0 Å². The van der Waals surface area contributed by atoms with E-state index in [4.69, 9.17) is 4.74 Å². The molecule has 146 valence electrons. The van der Waals surface area contributed by atoms with Gasteiger partial charge in [0.05, 0.1) is 17.8 Å². The Hall–Kier alpha value is -3.27. The molecule has 0 spiro atoms. The summed E-state index contributed by atoms with van der Waals surface area (Å²) in [7, 11) is 0. The lowest BCUT2D eigenvalue weighted by atomic mass is 10.00. The maximum atomic E-state index is 14.9. The molecule has 0 amide bonds. The highest BCUT2D eigenvalue weighted by molar-refractivity contribution is 5.85. The number of nitrogens with zero attached hydrogens (tertiary/aromatic N) is 1. The first-order valence-corrected chi connectivity index (χ1v) is 9.65. The second-order valence-electron chi connectivity index (χ2n) is 7.05. The highest BCUT2D eigenvalue weighted by Gasteiger charge is 2.11. The standard InChI is InChI=1S/C25H21F2NO/c1-3-12-29-20-8-4-17(5-9-20)21-10-6-18(14-23(21)27)25-13-16(2)22-15-19(26)7-11-24(22)28-25/h4-11,13-15H,3,12H2,1-2H3. The van der Waals surface area contributed by atoms with Crippen LogP contribution in [0.5, 0.6) is 5.75 Å². The van der Waals surface area contributed by atoms with E-state index in [9.17, 15) is 8.78 Å². The van der Waals surface area contributed by atoms with Gasteiger partial charge in [-0.15, -0.1) is 0 Å². The van der Waals surface area contributed by atoms with Crippen molar-refractivity contribution in [2.24, 2.45) is 0 Å². The van der Waals surface area contributed by atoms with Crippen molar-refractivity contribution in [1.29, 1.82) is 0 Å². The van der Waals surface area contributed by atoms with Crippen LogP contribution in [0, 0.1) is 18.6 Å². The molecule has 1 aromatic heterocycles. The van der Waals surface area contributed by atoms with Gasteiger partial charge in [-0.05, 0) is 66.9 Å². The highest BCUT2D eigenvalue weighted by atomic mass is 19.1. The topological polar surface area (TPSA) is 22.1 Å². The smallest absolute Gasteiger partial charge is 0.131 e. The fourth-order valence-electron chi connectivity index (χ4n) is 3.37. The lowest BCUT2D eigenvalue weighted by molar-refractivity contribution is 0.317. The van der Waals surface area contributed by atoms with Gasteiger partial charge in [-0.1, -0.05) is 31.2 Å². The molecule has 4 rings (SSSR count). The first-order valence-electron chi connectivity index (χ1n) is 9.65. The minimum atomic E-state index is -0.316. The fourth-order valence-corrected chi connectivity index (χ4v) is 3.37. The van der Waals surface area contributed by atoms with Crippen LogP contribution in [0.15, 0.2) is 66.7 Å². The van der Waals surface area contributed by atoms with Crippen LogP contribution in [0.3, 0.4) is 0 Å². The minimum Gasteiger partial charge on any atom is -0.494 e. The zero-order chi connectivity index (χ0) is 20.4. The van der Waals surface area contributed by atoms with Gasteiger partial charge in [0.2, 0.25) is 0 Å². The first kappa shape index (κ1) is 19.1. The van der Waals surface area contributed by atoms with Crippen LogP contribution >= 0.6 is 0 Å². The molecule has 29 heavy (non-hydrogen) atoms. The molecule has 0 unspecified atom stereocenters. The van der Waals surface area contributed by atoms with Crippen LogP contribution in [-0.4, -0.2) is 11.6 Å². The molecule has 0 fully saturated rings. The van der Waals surface area contributed by atoms with Crippen LogP contribution in [0.2, 0.25) is 0 Å². The van der Waals surface area contributed by atoms with E-state index in [1.165, 1.54) is 18.2 Å². The molecule has 4 aromatic rings. The lowest BCUT2D eigenvalue weighted by Gasteiger charge is -2.10. The van der Waals surface area contributed by atoms with Gasteiger partial charge in [0.25, 0.3) is 0 Å². The third kappa shape index (κ3) is 3.97. The summed E-state index contributed by atoms with van der Waals surface area (Å²) < 4.78 is 34.0. The van der Waals surface area contributed by atoms with Gasteiger partial charge in [-0.2, -0.15) is 0 Å². The predicted octanol–water partition coefficient (Wildman–Crippen LogP) is 6.94. The second-order valence-corrected chi connectivity index (χ2v) is 7.05. The molecule has 0 aliphatic carbocycles. The molecule has 0 aliphatic rings. The van der Waals surface area contributed by atoms with Crippen molar-refractivity contribution in [3.8, 4) is 28.1 Å². The molecular weight excluding hydrogens is 368 g/mol. The Morgan fingerprint density at radius 2 is 1.62 bits per heavy atom. The summed E-state index contributed by atoms with van der Waals surface area (Å²) >= 11 is 0. The van der Waals surface area contributed by atoms with Gasteiger partial charge in [-0.25, -0.2) is 13.8 Å². The van der Waals surface area contributed by atoms with Gasteiger partial charge in [0.15, 0.2) is 0 Å². The zero-order valence-electron chi connectivity index (χ0n) is 16.4. The van der Waals surface area contributed by atoms with Crippen molar-refractivity contribution in [2.75, 3.05) is 6.61 Å². The molecule has 4 heteroatoms. The monoisotopic (exact) mass is 389 g/mol. The summed E-state index contributed by atoms with van der Waals surface area (Å²) in [4.78, 5) is 4.58. The van der Waals surface area contributed by atoms with E-state index < -0.39 is 0 Å². The summed E-state index contributed by atoms with van der Waals surface area (Å²) in [6.45, 7) is 4.61. The van der Waals surface area contributed by atoms with Crippen molar-refractivity contribution >= 4 is 10.9 Å². The summed E-state index contributed by atoms with van der Waals surface area (Å²) in [5.41, 5.74) is 4.25. The fraction of sp³-hybridized carbons (Fsp3) is 0.160. The third-order valence-corrected chi connectivity index (χ3v) is 4.88. The van der Waals surface area contributed by atoms with Crippen molar-refractivity contribution in [3.63, 3.8) is 0 Å². The normalized spacial score (nSPS) is 11.0. The highest BCUT2D eigenvalue weighted by Crippen LogP contribution is 2.30. The number of benzene rings is 3. The van der Waals surface area contributed by atoms with Gasteiger partial charge < -0.3 is 4.74 Å². The predicted molar refractivity (Wildman–Crippen MR) is 113 cm³/mol. The molecule has 0 atom stereocenters. The number of halogens is 2. The molecule has 0 bridgehead atoms. The number of aryl methyl sites for hydroxylation is 1. The number of rotatable bonds is 5. The van der Waals surface area contributed by atoms with Crippen LogP contribution in [-0.2, 0) is 0 Å². The molecule has 0 saturated heterocycles. The van der Waals surface area contributed by atoms with Crippen LogP contribution < -0.4 is 4.74 Å². The van der Waals surface area contributed by atoms with Crippen molar-refractivity contribution < 1.29 is 13.5 Å². The minimum absolute atomic E-state index is 0.295. The molecule has 3 aromatic carbocycles. The Bertz CT molecular complexity index is 1170. The van der Waals surface area contributed by atoms with E-state index in [0.717, 1.165) is 28.7 Å². The third-order valence-electron chi connectivity index (χ3n) is 4.88. The summed E-state index contributed by atoms with van der Waals surface area (Å²) in [5, 5.41) is 0.760. The Labute approximate surface area is 168 Å². The lowest BCUT2D eigenvalue weighted by Crippen LogP contribution is -1.95. The average molecular weight is 389 g/mol.